The van der Waals surface area contributed by atoms with Gasteiger partial charge in [0.2, 0.25) is 0 Å². The normalized spacial score (nSPS) is 14.1. The van der Waals surface area contributed by atoms with Gasteiger partial charge in [-0.1, -0.05) is 28.1 Å². The van der Waals surface area contributed by atoms with E-state index in [9.17, 15) is 13.2 Å². The Morgan fingerprint density at radius 1 is 1.36 bits per heavy atom. The average Bonchev–Trinajstić information content (AvgIpc) is 2.07. The van der Waals surface area contributed by atoms with Gasteiger partial charge in [0.1, 0.15) is 6.04 Å². The van der Waals surface area contributed by atoms with E-state index in [1.807, 2.05) is 0 Å². The van der Waals surface area contributed by atoms with Crippen LogP contribution in [0.2, 0.25) is 0 Å². The molecule has 0 heterocycles. The Morgan fingerprint density at radius 2 is 1.93 bits per heavy atom. The van der Waals surface area contributed by atoms with Gasteiger partial charge >= 0.3 is 6.18 Å². The molecule has 0 aromatic heterocycles. The molecule has 1 rings (SSSR count). The minimum atomic E-state index is -4.40. The SMILES string of the molecule is Cc1c(Br)cccc1[C@@H](N)C(F)(F)F. The standard InChI is InChI=1S/C9H9BrF3N/c1-5-6(3-2-4-7(5)10)8(14)9(11,12)13/h2-4,8H,14H2,1H3/t8-/m1/s1. The molecule has 0 saturated heterocycles. The van der Waals surface area contributed by atoms with Crippen molar-refractivity contribution in [3.8, 4) is 0 Å². The van der Waals surface area contributed by atoms with Crippen LogP contribution in [-0.4, -0.2) is 6.18 Å². The van der Waals surface area contributed by atoms with Crippen LogP contribution in [0.15, 0.2) is 22.7 Å². The number of nitrogens with two attached hydrogens (primary N) is 1. The number of rotatable bonds is 1. The first kappa shape index (κ1) is 11.5. The predicted molar refractivity (Wildman–Crippen MR) is 51.9 cm³/mol. The van der Waals surface area contributed by atoms with Crippen molar-refractivity contribution in [2.75, 3.05) is 0 Å². The molecule has 2 N–H and O–H groups in total. The fourth-order valence-corrected chi connectivity index (χ4v) is 1.52. The van der Waals surface area contributed by atoms with Gasteiger partial charge in [-0.25, -0.2) is 0 Å². The summed E-state index contributed by atoms with van der Waals surface area (Å²) in [5.74, 6) is 0. The van der Waals surface area contributed by atoms with Crippen molar-refractivity contribution in [3.63, 3.8) is 0 Å². The van der Waals surface area contributed by atoms with Crippen LogP contribution in [-0.2, 0) is 0 Å². The summed E-state index contributed by atoms with van der Waals surface area (Å²) in [4.78, 5) is 0. The van der Waals surface area contributed by atoms with Crippen molar-refractivity contribution in [2.45, 2.75) is 19.1 Å². The Morgan fingerprint density at radius 3 is 2.43 bits per heavy atom. The highest BCUT2D eigenvalue weighted by Gasteiger charge is 2.38. The van der Waals surface area contributed by atoms with Crippen LogP contribution >= 0.6 is 15.9 Å². The third-order valence-electron chi connectivity index (χ3n) is 2.00. The molecule has 1 atom stereocenters. The van der Waals surface area contributed by atoms with Gasteiger partial charge in [0.05, 0.1) is 0 Å². The highest BCUT2D eigenvalue weighted by molar-refractivity contribution is 9.10. The fraction of sp³-hybridized carbons (Fsp3) is 0.333. The molecule has 0 aliphatic heterocycles. The van der Waals surface area contributed by atoms with Crippen molar-refractivity contribution in [1.82, 2.24) is 0 Å². The quantitative estimate of drug-likeness (QED) is 0.830. The van der Waals surface area contributed by atoms with Crippen LogP contribution in [0.4, 0.5) is 13.2 Å². The van der Waals surface area contributed by atoms with Gasteiger partial charge in [0.25, 0.3) is 0 Å². The van der Waals surface area contributed by atoms with Crippen molar-refractivity contribution in [2.24, 2.45) is 5.73 Å². The lowest BCUT2D eigenvalue weighted by atomic mass is 10.0. The Kier molecular flexibility index (Phi) is 3.21. The van der Waals surface area contributed by atoms with Crippen LogP contribution in [0, 0.1) is 6.92 Å². The van der Waals surface area contributed by atoms with E-state index in [-0.39, 0.29) is 5.56 Å². The van der Waals surface area contributed by atoms with Gasteiger partial charge < -0.3 is 5.73 Å². The highest BCUT2D eigenvalue weighted by atomic mass is 79.9. The van der Waals surface area contributed by atoms with E-state index < -0.39 is 12.2 Å². The number of halogens is 4. The third kappa shape index (κ3) is 2.27. The van der Waals surface area contributed by atoms with Crippen molar-refractivity contribution < 1.29 is 13.2 Å². The first-order chi connectivity index (χ1) is 6.34. The number of benzene rings is 1. The second kappa shape index (κ2) is 3.90. The molecule has 0 amide bonds. The summed E-state index contributed by atoms with van der Waals surface area (Å²) in [6, 6.07) is 2.69. The molecular weight excluding hydrogens is 259 g/mol. The van der Waals surface area contributed by atoms with Crippen LogP contribution in [0.3, 0.4) is 0 Å². The lowest BCUT2D eigenvalue weighted by molar-refractivity contribution is -0.149. The summed E-state index contributed by atoms with van der Waals surface area (Å²) in [6.07, 6.45) is -4.40. The zero-order valence-corrected chi connectivity index (χ0v) is 8.98. The van der Waals surface area contributed by atoms with Gasteiger partial charge in [0, 0.05) is 4.47 Å². The summed E-state index contributed by atoms with van der Waals surface area (Å²) in [5, 5.41) is 0. The molecule has 78 valence electrons. The molecule has 1 aromatic rings. The Balaban J connectivity index is 3.14. The maximum Gasteiger partial charge on any atom is 0.407 e. The van der Waals surface area contributed by atoms with E-state index >= 15 is 0 Å². The van der Waals surface area contributed by atoms with Gasteiger partial charge in [-0.05, 0) is 24.1 Å². The largest absolute Gasteiger partial charge is 0.407 e. The minimum Gasteiger partial charge on any atom is -0.316 e. The van der Waals surface area contributed by atoms with Gasteiger partial charge in [-0.3, -0.25) is 0 Å². The Labute approximate surface area is 88.2 Å². The maximum atomic E-state index is 12.3. The predicted octanol–water partition coefficient (Wildman–Crippen LogP) is 3.32. The summed E-state index contributed by atoms with van der Waals surface area (Å²) in [5.41, 5.74) is 5.72. The van der Waals surface area contributed by atoms with E-state index in [1.165, 1.54) is 12.1 Å². The van der Waals surface area contributed by atoms with Gasteiger partial charge in [0.15, 0.2) is 0 Å². The topological polar surface area (TPSA) is 26.0 Å². The Bertz CT molecular complexity index is 335. The van der Waals surface area contributed by atoms with E-state index in [2.05, 4.69) is 15.9 Å². The molecule has 0 unspecified atom stereocenters. The molecule has 1 aromatic carbocycles. The van der Waals surface area contributed by atoms with Crippen molar-refractivity contribution in [3.05, 3.63) is 33.8 Å². The van der Waals surface area contributed by atoms with Gasteiger partial charge in [-0.2, -0.15) is 13.2 Å². The van der Waals surface area contributed by atoms with Gasteiger partial charge in [-0.15, -0.1) is 0 Å². The average molecular weight is 268 g/mol. The Hall–Kier alpha value is -0.550. The summed E-state index contributed by atoms with van der Waals surface area (Å²) in [6.45, 7) is 1.60. The molecule has 0 bridgehead atoms. The number of hydrogen-bond acceptors (Lipinski definition) is 1. The monoisotopic (exact) mass is 267 g/mol. The van der Waals surface area contributed by atoms with E-state index in [4.69, 9.17) is 5.73 Å². The van der Waals surface area contributed by atoms with Crippen LogP contribution in [0.5, 0.6) is 0 Å². The molecule has 0 radical (unpaired) electrons. The summed E-state index contributed by atoms with van der Waals surface area (Å²) in [7, 11) is 0. The molecule has 0 aliphatic rings. The lowest BCUT2D eigenvalue weighted by Crippen LogP contribution is -2.29. The highest BCUT2D eigenvalue weighted by Crippen LogP contribution is 2.33. The third-order valence-corrected chi connectivity index (χ3v) is 2.86. The van der Waals surface area contributed by atoms with Crippen molar-refractivity contribution in [1.29, 1.82) is 0 Å². The number of alkyl halides is 3. The van der Waals surface area contributed by atoms with Crippen LogP contribution in [0.25, 0.3) is 0 Å². The second-order valence-corrected chi connectivity index (χ2v) is 3.83. The molecule has 0 spiro atoms. The molecule has 14 heavy (non-hydrogen) atoms. The lowest BCUT2D eigenvalue weighted by Gasteiger charge is -2.18. The van der Waals surface area contributed by atoms with Crippen molar-refractivity contribution >= 4 is 15.9 Å². The molecule has 0 aliphatic carbocycles. The maximum absolute atomic E-state index is 12.3. The summed E-state index contributed by atoms with van der Waals surface area (Å²) < 4.78 is 37.6. The first-order valence-corrected chi connectivity index (χ1v) is 4.70. The van der Waals surface area contributed by atoms with Crippen LogP contribution < -0.4 is 5.73 Å². The first-order valence-electron chi connectivity index (χ1n) is 3.91. The minimum absolute atomic E-state index is 0.104. The summed E-state index contributed by atoms with van der Waals surface area (Å²) >= 11 is 3.16. The molecule has 1 nitrogen and oxygen atoms in total. The molecule has 5 heteroatoms. The zero-order chi connectivity index (χ0) is 10.9. The molecular formula is C9H9BrF3N. The second-order valence-electron chi connectivity index (χ2n) is 2.97. The van der Waals surface area contributed by atoms with Crippen LogP contribution in [0.1, 0.15) is 17.2 Å². The van der Waals surface area contributed by atoms with E-state index in [1.54, 1.807) is 13.0 Å². The smallest absolute Gasteiger partial charge is 0.316 e. The van der Waals surface area contributed by atoms with E-state index in [0.717, 1.165) is 0 Å². The zero-order valence-electron chi connectivity index (χ0n) is 7.40. The number of hydrogen-bond donors (Lipinski definition) is 1. The molecule has 0 fully saturated rings. The fourth-order valence-electron chi connectivity index (χ4n) is 1.14. The van der Waals surface area contributed by atoms with E-state index in [0.29, 0.717) is 10.0 Å². The molecule has 0 saturated carbocycles.